The number of benzene rings is 1. The molecule has 0 nitrogen and oxygen atoms in total. The summed E-state index contributed by atoms with van der Waals surface area (Å²) >= 11 is 0. The number of aryl methyl sites for hydroxylation is 2. The molecule has 0 unspecified atom stereocenters. The average molecular weight is 192 g/mol. The normalized spacial score (nSPS) is 7.57. The van der Waals surface area contributed by atoms with Crippen molar-refractivity contribution >= 4 is 0 Å². The molecular formula is C14H24. The van der Waals surface area contributed by atoms with E-state index in [-0.39, 0.29) is 0 Å². The van der Waals surface area contributed by atoms with Crippen LogP contribution in [0.2, 0.25) is 0 Å². The van der Waals surface area contributed by atoms with Crippen molar-refractivity contribution in [2.75, 3.05) is 0 Å². The minimum Gasteiger partial charge on any atom is -0.100 e. The van der Waals surface area contributed by atoms with Crippen LogP contribution >= 0.6 is 0 Å². The van der Waals surface area contributed by atoms with E-state index < -0.39 is 0 Å². The molecule has 0 aliphatic heterocycles. The zero-order valence-electron chi connectivity index (χ0n) is 10.5. The summed E-state index contributed by atoms with van der Waals surface area (Å²) in [5.41, 5.74) is 3.83. The Hall–Kier alpha value is -1.04. The van der Waals surface area contributed by atoms with Gasteiger partial charge in [-0.25, -0.2) is 0 Å². The van der Waals surface area contributed by atoms with E-state index in [1.807, 2.05) is 27.7 Å². The van der Waals surface area contributed by atoms with Crippen molar-refractivity contribution in [3.63, 3.8) is 0 Å². The molecule has 0 saturated heterocycles. The lowest BCUT2D eigenvalue weighted by molar-refractivity contribution is 1.40. The lowest BCUT2D eigenvalue weighted by Crippen LogP contribution is -1.70. The van der Waals surface area contributed by atoms with Crippen LogP contribution in [0.15, 0.2) is 36.4 Å². The molecule has 1 aromatic carbocycles. The van der Waals surface area contributed by atoms with Gasteiger partial charge in [-0.1, -0.05) is 54.8 Å². The Morgan fingerprint density at radius 1 is 0.857 bits per heavy atom. The van der Waals surface area contributed by atoms with Crippen molar-refractivity contribution < 1.29 is 0 Å². The first-order valence-corrected chi connectivity index (χ1v) is 5.17. The fourth-order valence-electron chi connectivity index (χ4n) is 0.637. The Morgan fingerprint density at radius 3 is 1.14 bits per heavy atom. The van der Waals surface area contributed by atoms with Crippen molar-refractivity contribution in [1.82, 2.24) is 0 Å². The molecule has 0 spiro atoms. The molecule has 0 aliphatic carbocycles. The summed E-state index contributed by atoms with van der Waals surface area (Å²) in [6, 6.07) is 8.48. The van der Waals surface area contributed by atoms with Gasteiger partial charge in [0, 0.05) is 0 Å². The summed E-state index contributed by atoms with van der Waals surface area (Å²) in [5, 5.41) is 0. The smallest absolute Gasteiger partial charge is 0.0398 e. The zero-order valence-corrected chi connectivity index (χ0v) is 10.5. The molecular weight excluding hydrogens is 168 g/mol. The molecule has 0 aliphatic rings. The molecule has 0 aromatic heterocycles. The summed E-state index contributed by atoms with van der Waals surface area (Å²) in [4.78, 5) is 0. The maximum Gasteiger partial charge on any atom is -0.0398 e. The van der Waals surface area contributed by atoms with Gasteiger partial charge < -0.3 is 0 Å². The minimum atomic E-state index is 1.17. The maximum atomic E-state index is 3.56. The summed E-state index contributed by atoms with van der Waals surface area (Å²) in [7, 11) is 0. The summed E-state index contributed by atoms with van der Waals surface area (Å²) < 4.78 is 0. The van der Waals surface area contributed by atoms with Gasteiger partial charge in [0.2, 0.25) is 0 Å². The van der Waals surface area contributed by atoms with Crippen LogP contribution in [0, 0.1) is 13.8 Å². The fourth-order valence-corrected chi connectivity index (χ4v) is 0.637. The van der Waals surface area contributed by atoms with Gasteiger partial charge in [-0.15, -0.1) is 6.58 Å². The molecule has 1 rings (SSSR count). The lowest BCUT2D eigenvalue weighted by atomic mass is 10.2. The van der Waals surface area contributed by atoms with Gasteiger partial charge in [0.25, 0.3) is 0 Å². The van der Waals surface area contributed by atoms with Crippen molar-refractivity contribution in [1.29, 1.82) is 0 Å². The highest BCUT2D eigenvalue weighted by molar-refractivity contribution is 5.19. The van der Waals surface area contributed by atoms with Crippen LogP contribution in [0.5, 0.6) is 0 Å². The lowest BCUT2D eigenvalue weighted by Gasteiger charge is -1.90. The number of hydrogen-bond acceptors (Lipinski definition) is 0. The average Bonchev–Trinajstić information content (AvgIpc) is 2.13. The standard InChI is InChI=1S/C8H10.C4H8.C2H6/c1-7-3-5-8(2)6-4-7;1-4(2)3;1-2/h3-6H,1-2H3;1H2,2-3H3;1-2H3. The van der Waals surface area contributed by atoms with Gasteiger partial charge in [0.1, 0.15) is 0 Å². The maximum absolute atomic E-state index is 3.56. The molecule has 0 bridgehead atoms. The Morgan fingerprint density at radius 2 is 1.00 bits per heavy atom. The van der Waals surface area contributed by atoms with Gasteiger partial charge in [0.05, 0.1) is 0 Å². The number of rotatable bonds is 0. The first-order valence-electron chi connectivity index (χ1n) is 5.17. The second-order valence-electron chi connectivity index (χ2n) is 3.36. The molecule has 0 heteroatoms. The van der Waals surface area contributed by atoms with Gasteiger partial charge in [-0.2, -0.15) is 0 Å². The van der Waals surface area contributed by atoms with Gasteiger partial charge in [0.15, 0.2) is 0 Å². The highest BCUT2D eigenvalue weighted by atomic mass is 13.9. The molecule has 0 atom stereocenters. The Labute approximate surface area is 89.7 Å². The Bertz CT molecular complexity index is 204. The van der Waals surface area contributed by atoms with Crippen LogP contribution in [0.4, 0.5) is 0 Å². The predicted octanol–water partition coefficient (Wildman–Crippen LogP) is 4.91. The number of allylic oxidation sites excluding steroid dienone is 1. The van der Waals surface area contributed by atoms with E-state index in [0.717, 1.165) is 0 Å². The van der Waals surface area contributed by atoms with E-state index in [9.17, 15) is 0 Å². The van der Waals surface area contributed by atoms with Crippen LogP contribution in [0.3, 0.4) is 0 Å². The third-order valence-electron chi connectivity index (χ3n) is 1.22. The largest absolute Gasteiger partial charge is 0.100 e. The summed E-state index contributed by atoms with van der Waals surface area (Å²) in [6.45, 7) is 15.7. The minimum absolute atomic E-state index is 1.17. The van der Waals surface area contributed by atoms with Crippen molar-refractivity contribution in [2.45, 2.75) is 41.5 Å². The van der Waals surface area contributed by atoms with Crippen LogP contribution in [-0.4, -0.2) is 0 Å². The highest BCUT2D eigenvalue weighted by Crippen LogP contribution is 1.99. The molecule has 0 saturated carbocycles. The number of hydrogen-bond donors (Lipinski definition) is 0. The van der Waals surface area contributed by atoms with E-state index in [0.29, 0.717) is 0 Å². The first kappa shape index (κ1) is 15.4. The molecule has 0 amide bonds. The molecule has 1 aromatic rings. The highest BCUT2D eigenvalue weighted by Gasteiger charge is 1.79. The zero-order chi connectivity index (χ0) is 11.6. The third kappa shape index (κ3) is 13.5. The summed E-state index contributed by atoms with van der Waals surface area (Å²) in [5.74, 6) is 0. The molecule has 0 radical (unpaired) electrons. The summed E-state index contributed by atoms with van der Waals surface area (Å²) in [6.07, 6.45) is 0. The van der Waals surface area contributed by atoms with Gasteiger partial charge >= 0.3 is 0 Å². The fraction of sp³-hybridized carbons (Fsp3) is 0.429. The predicted molar refractivity (Wildman–Crippen MR) is 67.8 cm³/mol. The van der Waals surface area contributed by atoms with Crippen molar-refractivity contribution in [2.24, 2.45) is 0 Å². The van der Waals surface area contributed by atoms with Crippen LogP contribution < -0.4 is 0 Å². The third-order valence-corrected chi connectivity index (χ3v) is 1.22. The van der Waals surface area contributed by atoms with E-state index in [4.69, 9.17) is 0 Å². The van der Waals surface area contributed by atoms with Crippen molar-refractivity contribution in [3.05, 3.63) is 47.5 Å². The Balaban J connectivity index is 0. The molecule has 0 fully saturated rings. The van der Waals surface area contributed by atoms with Crippen LogP contribution in [0.1, 0.15) is 38.8 Å². The topological polar surface area (TPSA) is 0 Å². The molecule has 80 valence electrons. The quantitative estimate of drug-likeness (QED) is 0.512. The van der Waals surface area contributed by atoms with E-state index >= 15 is 0 Å². The molecule has 14 heavy (non-hydrogen) atoms. The molecule has 0 N–H and O–H groups in total. The SMILES string of the molecule is C=C(C)C.CC.Cc1ccc(C)cc1. The molecule has 0 heterocycles. The van der Waals surface area contributed by atoms with Gasteiger partial charge in [-0.3, -0.25) is 0 Å². The van der Waals surface area contributed by atoms with Crippen LogP contribution in [-0.2, 0) is 0 Å². The second kappa shape index (κ2) is 10.0. The van der Waals surface area contributed by atoms with Gasteiger partial charge in [-0.05, 0) is 27.7 Å². The van der Waals surface area contributed by atoms with Crippen molar-refractivity contribution in [3.8, 4) is 0 Å². The van der Waals surface area contributed by atoms with E-state index in [1.54, 1.807) is 0 Å². The van der Waals surface area contributed by atoms with E-state index in [2.05, 4.69) is 44.7 Å². The first-order chi connectivity index (χ1) is 6.52. The second-order valence-corrected chi connectivity index (χ2v) is 3.36. The van der Waals surface area contributed by atoms with Crippen LogP contribution in [0.25, 0.3) is 0 Å². The van der Waals surface area contributed by atoms with E-state index in [1.165, 1.54) is 16.7 Å². The Kier molecular flexibility index (Phi) is 11.1. The monoisotopic (exact) mass is 192 g/mol.